The smallest absolute Gasteiger partial charge is 0.149 e. The number of nitrogens with one attached hydrogen (secondary N) is 2. The first-order chi connectivity index (χ1) is 7.24. The molecule has 1 aromatic heterocycles. The third kappa shape index (κ3) is 4.03. The lowest BCUT2D eigenvalue weighted by atomic mass is 10.3. The van der Waals surface area contributed by atoms with Crippen LogP contribution in [0.3, 0.4) is 0 Å². The van der Waals surface area contributed by atoms with Crippen molar-refractivity contribution in [3.05, 3.63) is 19.2 Å². The topological polar surface area (TPSA) is 89.0 Å². The summed E-state index contributed by atoms with van der Waals surface area (Å²) in [6, 6.07) is 1.69. The van der Waals surface area contributed by atoms with Crippen LogP contribution in [-0.4, -0.2) is 24.6 Å². The van der Waals surface area contributed by atoms with Gasteiger partial charge in [-0.1, -0.05) is 6.92 Å². The highest BCUT2D eigenvalue weighted by atomic mass is 15.0. The lowest BCUT2D eigenvalue weighted by Gasteiger charge is -2.08. The monoisotopic (exact) mass is 208 g/mol. The van der Waals surface area contributed by atoms with Gasteiger partial charge in [-0.05, 0) is 19.0 Å². The van der Waals surface area contributed by atoms with Crippen LogP contribution in [0.2, 0.25) is 0 Å². The number of nitrogens with two attached hydrogens (primary N) is 2. The number of nitrogens with zero attached hydrogens (tertiary/aromatic N) is 1. The van der Waals surface area contributed by atoms with Gasteiger partial charge in [0.05, 0.1) is 17.6 Å². The third-order valence-corrected chi connectivity index (χ3v) is 1.89. The summed E-state index contributed by atoms with van der Waals surface area (Å²) in [7, 11) is 0. The summed E-state index contributed by atoms with van der Waals surface area (Å²) in [5.41, 5.74) is 12.4. The number of nitrogen functional groups attached to an aromatic ring is 2. The number of hydrogen-bond donors (Lipinski definition) is 4. The van der Waals surface area contributed by atoms with Gasteiger partial charge >= 0.3 is 0 Å². The number of rotatable bonds is 6. The zero-order valence-electron chi connectivity index (χ0n) is 8.79. The summed E-state index contributed by atoms with van der Waals surface area (Å²) in [4.78, 5) is 4.09. The molecule has 0 aliphatic heterocycles. The normalized spacial score (nSPS) is 10.2. The first-order valence-electron chi connectivity index (χ1n) is 4.99. The van der Waals surface area contributed by atoms with Crippen LogP contribution in [0.1, 0.15) is 6.42 Å². The predicted molar refractivity (Wildman–Crippen MR) is 64.4 cm³/mol. The minimum Gasteiger partial charge on any atom is -0.397 e. The molecule has 0 spiro atoms. The van der Waals surface area contributed by atoms with Crippen molar-refractivity contribution in [3.8, 4) is 0 Å². The van der Waals surface area contributed by atoms with Crippen molar-refractivity contribution in [1.82, 2.24) is 10.3 Å². The fourth-order valence-electron chi connectivity index (χ4n) is 1.17. The van der Waals surface area contributed by atoms with Crippen molar-refractivity contribution in [1.29, 1.82) is 0 Å². The molecule has 1 aromatic rings. The molecule has 15 heavy (non-hydrogen) atoms. The summed E-state index contributed by atoms with van der Waals surface area (Å²) in [6.45, 7) is 6.30. The molecule has 0 unspecified atom stereocenters. The standard InChI is InChI=1S/C10H18N5/c1-2-3-13-4-5-14-10-9(12)6-8(11)7-15-10/h6-7,13H,1-5,11-12H2,(H,14,15). The highest BCUT2D eigenvalue weighted by Gasteiger charge is 1.99. The maximum absolute atomic E-state index is 5.73. The van der Waals surface area contributed by atoms with Crippen molar-refractivity contribution >= 4 is 17.2 Å². The molecule has 0 aliphatic rings. The van der Waals surface area contributed by atoms with E-state index >= 15 is 0 Å². The van der Waals surface area contributed by atoms with Gasteiger partial charge in [-0.15, -0.1) is 0 Å². The van der Waals surface area contributed by atoms with E-state index < -0.39 is 0 Å². The zero-order chi connectivity index (χ0) is 11.1. The van der Waals surface area contributed by atoms with Gasteiger partial charge in [-0.3, -0.25) is 0 Å². The van der Waals surface area contributed by atoms with Crippen LogP contribution in [0.15, 0.2) is 12.3 Å². The molecule has 0 saturated carbocycles. The fraction of sp³-hybridized carbons (Fsp3) is 0.400. The molecule has 1 heterocycles. The molecule has 6 N–H and O–H groups in total. The van der Waals surface area contributed by atoms with Crippen LogP contribution >= 0.6 is 0 Å². The molecular weight excluding hydrogens is 190 g/mol. The molecule has 0 aliphatic carbocycles. The lowest BCUT2D eigenvalue weighted by molar-refractivity contribution is 0.706. The molecule has 0 bridgehead atoms. The Hall–Kier alpha value is -1.49. The Bertz CT molecular complexity index is 300. The summed E-state index contributed by atoms with van der Waals surface area (Å²) >= 11 is 0. The van der Waals surface area contributed by atoms with E-state index in [-0.39, 0.29) is 0 Å². The minimum absolute atomic E-state index is 0.576. The van der Waals surface area contributed by atoms with E-state index in [2.05, 4.69) is 22.5 Å². The third-order valence-electron chi connectivity index (χ3n) is 1.89. The van der Waals surface area contributed by atoms with E-state index in [0.717, 1.165) is 26.1 Å². The van der Waals surface area contributed by atoms with Crippen LogP contribution < -0.4 is 22.1 Å². The molecule has 5 nitrogen and oxygen atoms in total. The van der Waals surface area contributed by atoms with Gasteiger partial charge in [-0.25, -0.2) is 4.98 Å². The van der Waals surface area contributed by atoms with Gasteiger partial charge < -0.3 is 22.1 Å². The van der Waals surface area contributed by atoms with E-state index in [1.54, 1.807) is 12.3 Å². The summed E-state index contributed by atoms with van der Waals surface area (Å²) < 4.78 is 0. The van der Waals surface area contributed by atoms with Crippen LogP contribution in [-0.2, 0) is 0 Å². The molecule has 5 heteroatoms. The first kappa shape index (κ1) is 11.6. The van der Waals surface area contributed by atoms with Gasteiger partial charge in [0.25, 0.3) is 0 Å². The number of anilines is 3. The average molecular weight is 208 g/mol. The van der Waals surface area contributed by atoms with Crippen LogP contribution in [0.5, 0.6) is 0 Å². The Balaban J connectivity index is 2.31. The molecular formula is C10H18N5. The maximum atomic E-state index is 5.73. The highest BCUT2D eigenvalue weighted by molar-refractivity contribution is 5.65. The number of aromatic nitrogens is 1. The molecule has 1 rings (SSSR count). The second-order valence-electron chi connectivity index (χ2n) is 3.24. The molecule has 0 atom stereocenters. The lowest BCUT2D eigenvalue weighted by Crippen LogP contribution is -2.23. The van der Waals surface area contributed by atoms with Gasteiger partial charge in [-0.2, -0.15) is 0 Å². The predicted octanol–water partition coefficient (Wildman–Crippen LogP) is 0.472. The number of hydrogen-bond acceptors (Lipinski definition) is 5. The summed E-state index contributed by atoms with van der Waals surface area (Å²) in [5, 5.41) is 6.34. The maximum Gasteiger partial charge on any atom is 0.149 e. The van der Waals surface area contributed by atoms with Crippen molar-refractivity contribution in [2.45, 2.75) is 6.42 Å². The molecule has 0 aromatic carbocycles. The molecule has 1 radical (unpaired) electrons. The van der Waals surface area contributed by atoms with Crippen molar-refractivity contribution in [2.24, 2.45) is 0 Å². The van der Waals surface area contributed by atoms with Gasteiger partial charge in [0.1, 0.15) is 5.82 Å². The number of pyridine rings is 1. The Morgan fingerprint density at radius 2 is 2.07 bits per heavy atom. The Kier molecular flexibility index (Phi) is 4.70. The van der Waals surface area contributed by atoms with Gasteiger partial charge in [0, 0.05) is 13.1 Å². The Labute approximate surface area is 90.3 Å². The van der Waals surface area contributed by atoms with Crippen LogP contribution in [0, 0.1) is 6.92 Å². The second-order valence-corrected chi connectivity index (χ2v) is 3.24. The highest BCUT2D eigenvalue weighted by Crippen LogP contribution is 2.16. The van der Waals surface area contributed by atoms with Gasteiger partial charge in [0.15, 0.2) is 0 Å². The fourth-order valence-corrected chi connectivity index (χ4v) is 1.17. The van der Waals surface area contributed by atoms with Crippen LogP contribution in [0.4, 0.5) is 17.2 Å². The zero-order valence-corrected chi connectivity index (χ0v) is 8.79. The Morgan fingerprint density at radius 3 is 2.73 bits per heavy atom. The molecule has 0 saturated heterocycles. The van der Waals surface area contributed by atoms with E-state index in [1.807, 2.05) is 0 Å². The van der Waals surface area contributed by atoms with E-state index in [9.17, 15) is 0 Å². The first-order valence-corrected chi connectivity index (χ1v) is 4.99. The van der Waals surface area contributed by atoms with Crippen molar-refractivity contribution < 1.29 is 0 Å². The Morgan fingerprint density at radius 1 is 1.27 bits per heavy atom. The molecule has 0 fully saturated rings. The van der Waals surface area contributed by atoms with E-state index in [1.165, 1.54) is 0 Å². The van der Waals surface area contributed by atoms with E-state index in [0.29, 0.717) is 17.2 Å². The van der Waals surface area contributed by atoms with Gasteiger partial charge in [0.2, 0.25) is 0 Å². The average Bonchev–Trinajstić information content (AvgIpc) is 2.20. The quantitative estimate of drug-likeness (QED) is 0.510. The molecule has 0 amide bonds. The molecule has 83 valence electrons. The van der Waals surface area contributed by atoms with Crippen molar-refractivity contribution in [3.63, 3.8) is 0 Å². The SMILES string of the molecule is [CH2]CCNCCNc1ncc(N)cc1N. The summed E-state index contributed by atoms with van der Waals surface area (Å²) in [6.07, 6.45) is 2.48. The van der Waals surface area contributed by atoms with Crippen LogP contribution in [0.25, 0.3) is 0 Å². The minimum atomic E-state index is 0.576. The second kappa shape index (κ2) is 6.08. The largest absolute Gasteiger partial charge is 0.397 e. The summed E-state index contributed by atoms with van der Waals surface area (Å²) in [5.74, 6) is 0.681. The van der Waals surface area contributed by atoms with E-state index in [4.69, 9.17) is 11.5 Å². The van der Waals surface area contributed by atoms with Crippen molar-refractivity contribution in [2.75, 3.05) is 36.4 Å².